The molecule has 3 heteroatoms. The molecule has 1 unspecified atom stereocenters. The van der Waals surface area contributed by atoms with Crippen LogP contribution in [0.1, 0.15) is 22.7 Å². The van der Waals surface area contributed by atoms with Gasteiger partial charge in [-0.25, -0.2) is 0 Å². The summed E-state index contributed by atoms with van der Waals surface area (Å²) >= 11 is 4.16. The lowest BCUT2D eigenvalue weighted by Gasteiger charge is -2.15. The minimum atomic E-state index is 0.305. The molecule has 1 nitrogen and oxygen atoms in total. The Bertz CT molecular complexity index is 478. The molecule has 1 aromatic carbocycles. The number of thiophene rings is 1. The van der Waals surface area contributed by atoms with Crippen LogP contribution >= 0.6 is 33.9 Å². The van der Waals surface area contributed by atoms with Crippen molar-refractivity contribution >= 4 is 33.9 Å². The Morgan fingerprint density at radius 1 is 1.25 bits per heavy atom. The molecule has 1 aromatic heterocycles. The van der Waals surface area contributed by atoms with Gasteiger partial charge >= 0.3 is 0 Å². The molecule has 0 radical (unpaired) electrons. The molecule has 0 spiro atoms. The van der Waals surface area contributed by atoms with Crippen molar-refractivity contribution in [1.29, 1.82) is 0 Å². The van der Waals surface area contributed by atoms with E-state index < -0.39 is 0 Å². The van der Waals surface area contributed by atoms with Crippen molar-refractivity contribution in [2.45, 2.75) is 13.0 Å². The Balaban J connectivity index is 2.36. The van der Waals surface area contributed by atoms with E-state index in [0.29, 0.717) is 6.04 Å². The monoisotopic (exact) mass is 343 g/mol. The Morgan fingerprint density at radius 2 is 2.06 bits per heavy atom. The van der Waals surface area contributed by atoms with Crippen LogP contribution in [0.3, 0.4) is 0 Å². The second-order valence-corrected chi connectivity index (χ2v) is 6.63. The van der Waals surface area contributed by atoms with E-state index >= 15 is 0 Å². The molecule has 0 fully saturated rings. The Hall–Kier alpha value is -0.390. The summed E-state index contributed by atoms with van der Waals surface area (Å²) in [4.78, 5) is 0. The van der Waals surface area contributed by atoms with Gasteiger partial charge < -0.3 is 5.32 Å². The van der Waals surface area contributed by atoms with Crippen molar-refractivity contribution in [3.8, 4) is 0 Å². The average Bonchev–Trinajstić information content (AvgIpc) is 2.66. The molecule has 0 saturated carbocycles. The summed E-state index contributed by atoms with van der Waals surface area (Å²) in [5.74, 6) is 0. The van der Waals surface area contributed by atoms with Crippen molar-refractivity contribution in [2.75, 3.05) is 7.05 Å². The highest BCUT2D eigenvalue weighted by molar-refractivity contribution is 14.1. The second-order valence-electron chi connectivity index (χ2n) is 3.82. The van der Waals surface area contributed by atoms with Gasteiger partial charge in [-0.3, -0.25) is 0 Å². The molecule has 2 aromatic rings. The van der Waals surface area contributed by atoms with Crippen LogP contribution in [0.4, 0.5) is 0 Å². The van der Waals surface area contributed by atoms with Crippen LogP contribution in [-0.4, -0.2) is 7.05 Å². The molecule has 0 aliphatic rings. The predicted molar refractivity (Wildman–Crippen MR) is 79.1 cm³/mol. The number of halogens is 1. The van der Waals surface area contributed by atoms with E-state index in [9.17, 15) is 0 Å². The van der Waals surface area contributed by atoms with E-state index in [1.807, 2.05) is 7.05 Å². The van der Waals surface area contributed by atoms with Crippen molar-refractivity contribution in [2.24, 2.45) is 0 Å². The lowest BCUT2D eigenvalue weighted by molar-refractivity contribution is 0.693. The first-order chi connectivity index (χ1) is 7.70. The third kappa shape index (κ3) is 2.64. The summed E-state index contributed by atoms with van der Waals surface area (Å²) in [6, 6.07) is 11.2. The molecule has 1 heterocycles. The average molecular weight is 343 g/mol. The highest BCUT2D eigenvalue weighted by Crippen LogP contribution is 2.27. The fourth-order valence-electron chi connectivity index (χ4n) is 1.85. The Labute approximate surface area is 114 Å². The van der Waals surface area contributed by atoms with E-state index in [0.717, 1.165) is 0 Å². The van der Waals surface area contributed by atoms with Crippen LogP contribution in [0.25, 0.3) is 0 Å². The lowest BCUT2D eigenvalue weighted by Crippen LogP contribution is -2.16. The molecule has 0 bridgehead atoms. The first-order valence-corrected chi connectivity index (χ1v) is 7.14. The molecule has 1 atom stereocenters. The summed E-state index contributed by atoms with van der Waals surface area (Å²) in [5.41, 5.74) is 3.99. The van der Waals surface area contributed by atoms with Gasteiger partial charge in [0, 0.05) is 0 Å². The van der Waals surface area contributed by atoms with Gasteiger partial charge in [-0.15, -0.1) is 11.3 Å². The number of hydrogen-bond donors (Lipinski definition) is 1. The normalized spacial score (nSPS) is 12.7. The number of aryl methyl sites for hydroxylation is 1. The molecule has 0 saturated heterocycles. The maximum absolute atomic E-state index is 3.38. The smallest absolute Gasteiger partial charge is 0.0656 e. The summed E-state index contributed by atoms with van der Waals surface area (Å²) in [5, 5.41) is 5.61. The van der Waals surface area contributed by atoms with Crippen LogP contribution in [0, 0.1) is 9.81 Å². The van der Waals surface area contributed by atoms with E-state index in [2.05, 4.69) is 70.5 Å². The Morgan fingerprint density at radius 3 is 2.62 bits per heavy atom. The minimum absolute atomic E-state index is 0.305. The highest BCUT2D eigenvalue weighted by Gasteiger charge is 2.13. The largest absolute Gasteiger partial charge is 0.309 e. The molecular weight excluding hydrogens is 329 g/mol. The first kappa shape index (κ1) is 12.1. The van der Waals surface area contributed by atoms with Gasteiger partial charge in [-0.05, 0) is 59.1 Å². The van der Waals surface area contributed by atoms with Crippen molar-refractivity contribution in [3.05, 3.63) is 55.3 Å². The fourth-order valence-corrected chi connectivity index (χ4v) is 3.25. The van der Waals surface area contributed by atoms with Gasteiger partial charge in [-0.2, -0.15) is 0 Å². The molecule has 0 aliphatic carbocycles. The first-order valence-electron chi connectivity index (χ1n) is 5.18. The highest BCUT2D eigenvalue weighted by atomic mass is 127. The molecule has 2 rings (SSSR count). The zero-order chi connectivity index (χ0) is 11.5. The van der Waals surface area contributed by atoms with Crippen LogP contribution in [0.2, 0.25) is 0 Å². The fraction of sp³-hybridized carbons (Fsp3) is 0.231. The van der Waals surface area contributed by atoms with Gasteiger partial charge in [0.25, 0.3) is 0 Å². The third-order valence-corrected chi connectivity index (χ3v) is 4.39. The summed E-state index contributed by atoms with van der Waals surface area (Å²) < 4.78 is 1.33. The van der Waals surface area contributed by atoms with Crippen molar-refractivity contribution in [3.63, 3.8) is 0 Å². The molecular formula is C13H14INS. The van der Waals surface area contributed by atoms with E-state index in [1.54, 1.807) is 11.3 Å². The third-order valence-electron chi connectivity index (χ3n) is 2.59. The number of benzene rings is 1. The number of nitrogens with one attached hydrogen (secondary N) is 1. The lowest BCUT2D eigenvalue weighted by atomic mass is 10.00. The van der Waals surface area contributed by atoms with Crippen LogP contribution in [-0.2, 0) is 0 Å². The minimum Gasteiger partial charge on any atom is -0.309 e. The predicted octanol–water partition coefficient (Wildman–Crippen LogP) is 3.97. The zero-order valence-electron chi connectivity index (χ0n) is 9.33. The van der Waals surface area contributed by atoms with Gasteiger partial charge in [0.1, 0.15) is 0 Å². The maximum Gasteiger partial charge on any atom is 0.0656 e. The van der Waals surface area contributed by atoms with E-state index in [4.69, 9.17) is 0 Å². The summed E-state index contributed by atoms with van der Waals surface area (Å²) in [6.45, 7) is 2.13. The van der Waals surface area contributed by atoms with Crippen LogP contribution in [0.15, 0.2) is 35.7 Å². The van der Waals surface area contributed by atoms with Crippen molar-refractivity contribution in [1.82, 2.24) is 5.32 Å². The van der Waals surface area contributed by atoms with Crippen molar-refractivity contribution < 1.29 is 0 Å². The van der Waals surface area contributed by atoms with Crippen LogP contribution < -0.4 is 5.32 Å². The topological polar surface area (TPSA) is 12.0 Å². The van der Waals surface area contributed by atoms with Crippen LogP contribution in [0.5, 0.6) is 0 Å². The molecule has 84 valence electrons. The van der Waals surface area contributed by atoms with Gasteiger partial charge in [0.2, 0.25) is 0 Å². The molecule has 0 amide bonds. The number of rotatable bonds is 3. The maximum atomic E-state index is 3.38. The number of hydrogen-bond acceptors (Lipinski definition) is 2. The SMILES string of the molecule is CNC(c1cccc(C)c1)c1csc(I)c1. The summed E-state index contributed by atoms with van der Waals surface area (Å²) in [6.07, 6.45) is 0. The standard InChI is InChI=1S/C13H14INS/c1-9-4-3-5-10(6-9)13(15-2)11-7-12(14)16-8-11/h3-8,13,15H,1-2H3. The molecule has 16 heavy (non-hydrogen) atoms. The van der Waals surface area contributed by atoms with Gasteiger partial charge in [-0.1, -0.05) is 29.8 Å². The second kappa shape index (κ2) is 5.29. The van der Waals surface area contributed by atoms with E-state index in [1.165, 1.54) is 19.6 Å². The zero-order valence-corrected chi connectivity index (χ0v) is 12.3. The van der Waals surface area contributed by atoms with E-state index in [-0.39, 0.29) is 0 Å². The molecule has 1 N–H and O–H groups in total. The van der Waals surface area contributed by atoms with Gasteiger partial charge in [0.15, 0.2) is 0 Å². The van der Waals surface area contributed by atoms with Gasteiger partial charge in [0.05, 0.1) is 8.93 Å². The quantitative estimate of drug-likeness (QED) is 0.832. The molecule has 0 aliphatic heterocycles. The summed E-state index contributed by atoms with van der Waals surface area (Å²) in [7, 11) is 2.01. The Kier molecular flexibility index (Phi) is 4.00.